The number of hydrogen-bond acceptors (Lipinski definition) is 3. The molecule has 0 bridgehead atoms. The monoisotopic (exact) mass is 261 g/mol. The average molecular weight is 261 g/mol. The summed E-state index contributed by atoms with van der Waals surface area (Å²) < 4.78 is 13.1. The second kappa shape index (κ2) is 5.71. The quantitative estimate of drug-likeness (QED) is 0.792. The van der Waals surface area contributed by atoms with Crippen molar-refractivity contribution in [1.29, 1.82) is 0 Å². The van der Waals surface area contributed by atoms with Crippen LogP contribution in [0, 0.1) is 5.82 Å². The molecule has 2 aromatic carbocycles. The maximum atomic E-state index is 13.1. The summed E-state index contributed by atoms with van der Waals surface area (Å²) in [5, 5.41) is 22.1. The summed E-state index contributed by atoms with van der Waals surface area (Å²) in [5.74, 6) is -0.197. The molecule has 3 N–H and O–H groups in total. The van der Waals surface area contributed by atoms with E-state index in [1.807, 2.05) is 13.0 Å². The molecule has 0 aliphatic carbocycles. The Labute approximate surface area is 111 Å². The SMILES string of the molecule is C[C@@H](NCc1ccc(O)cc1O)c1cccc(F)c1. The maximum Gasteiger partial charge on any atom is 0.123 e. The summed E-state index contributed by atoms with van der Waals surface area (Å²) >= 11 is 0. The number of rotatable bonds is 4. The van der Waals surface area contributed by atoms with Crippen molar-refractivity contribution in [3.63, 3.8) is 0 Å². The Bertz CT molecular complexity index is 572. The van der Waals surface area contributed by atoms with E-state index >= 15 is 0 Å². The van der Waals surface area contributed by atoms with Gasteiger partial charge in [-0.1, -0.05) is 18.2 Å². The van der Waals surface area contributed by atoms with Crippen LogP contribution in [0.3, 0.4) is 0 Å². The third kappa shape index (κ3) is 3.45. The molecule has 0 aromatic heterocycles. The maximum absolute atomic E-state index is 13.1. The lowest BCUT2D eigenvalue weighted by Gasteiger charge is -2.15. The van der Waals surface area contributed by atoms with Crippen LogP contribution >= 0.6 is 0 Å². The summed E-state index contributed by atoms with van der Waals surface area (Å²) in [6.07, 6.45) is 0. The molecule has 0 aliphatic heterocycles. The van der Waals surface area contributed by atoms with E-state index < -0.39 is 0 Å². The van der Waals surface area contributed by atoms with Gasteiger partial charge in [0.1, 0.15) is 17.3 Å². The molecular formula is C15H16FNO2. The second-order valence-electron chi connectivity index (χ2n) is 4.47. The van der Waals surface area contributed by atoms with Gasteiger partial charge in [-0.2, -0.15) is 0 Å². The Kier molecular flexibility index (Phi) is 4.02. The molecular weight excluding hydrogens is 245 g/mol. The molecule has 0 radical (unpaired) electrons. The van der Waals surface area contributed by atoms with Crippen molar-refractivity contribution in [2.75, 3.05) is 0 Å². The van der Waals surface area contributed by atoms with E-state index in [4.69, 9.17) is 0 Å². The third-order valence-electron chi connectivity index (χ3n) is 3.02. The van der Waals surface area contributed by atoms with Gasteiger partial charge in [0.25, 0.3) is 0 Å². The fourth-order valence-electron chi connectivity index (χ4n) is 1.86. The molecule has 0 saturated carbocycles. The molecule has 4 heteroatoms. The highest BCUT2D eigenvalue weighted by atomic mass is 19.1. The van der Waals surface area contributed by atoms with Crippen LogP contribution in [0.25, 0.3) is 0 Å². The van der Waals surface area contributed by atoms with Gasteiger partial charge in [-0.25, -0.2) is 4.39 Å². The molecule has 0 spiro atoms. The van der Waals surface area contributed by atoms with E-state index in [-0.39, 0.29) is 23.4 Å². The minimum Gasteiger partial charge on any atom is -0.508 e. The van der Waals surface area contributed by atoms with Crippen LogP contribution in [0.1, 0.15) is 24.1 Å². The first-order chi connectivity index (χ1) is 9.06. The Balaban J connectivity index is 2.02. The number of aromatic hydroxyl groups is 2. The molecule has 0 amide bonds. The summed E-state index contributed by atoms with van der Waals surface area (Å²) in [6, 6.07) is 10.8. The number of nitrogens with one attached hydrogen (secondary N) is 1. The normalized spacial score (nSPS) is 12.3. The van der Waals surface area contributed by atoms with Crippen LogP contribution in [0.2, 0.25) is 0 Å². The molecule has 100 valence electrons. The standard InChI is InChI=1S/C15H16FNO2/c1-10(11-3-2-4-13(16)7-11)17-9-12-5-6-14(18)8-15(12)19/h2-8,10,17-19H,9H2,1H3/t10-/m1/s1. The molecule has 0 fully saturated rings. The van der Waals surface area contributed by atoms with E-state index in [1.54, 1.807) is 12.1 Å². The van der Waals surface area contributed by atoms with Crippen molar-refractivity contribution in [2.24, 2.45) is 0 Å². The first-order valence-electron chi connectivity index (χ1n) is 6.06. The highest BCUT2D eigenvalue weighted by molar-refractivity contribution is 5.38. The zero-order valence-electron chi connectivity index (χ0n) is 10.6. The van der Waals surface area contributed by atoms with Gasteiger partial charge in [-0.05, 0) is 30.7 Å². The lowest BCUT2D eigenvalue weighted by molar-refractivity contribution is 0.441. The average Bonchev–Trinajstić information content (AvgIpc) is 2.37. The highest BCUT2D eigenvalue weighted by Gasteiger charge is 2.08. The minimum absolute atomic E-state index is 0.0272. The van der Waals surface area contributed by atoms with Crippen molar-refractivity contribution >= 4 is 0 Å². The van der Waals surface area contributed by atoms with Gasteiger partial charge in [-0.15, -0.1) is 0 Å². The third-order valence-corrected chi connectivity index (χ3v) is 3.02. The van der Waals surface area contributed by atoms with Gasteiger partial charge in [0, 0.05) is 24.2 Å². The lowest BCUT2D eigenvalue weighted by atomic mass is 10.1. The highest BCUT2D eigenvalue weighted by Crippen LogP contribution is 2.23. The molecule has 1 atom stereocenters. The number of hydrogen-bond donors (Lipinski definition) is 3. The molecule has 0 saturated heterocycles. The van der Waals surface area contributed by atoms with Gasteiger partial charge >= 0.3 is 0 Å². The molecule has 0 heterocycles. The fraction of sp³-hybridized carbons (Fsp3) is 0.200. The van der Waals surface area contributed by atoms with E-state index in [0.717, 1.165) is 5.56 Å². The second-order valence-corrected chi connectivity index (χ2v) is 4.47. The minimum atomic E-state index is -0.265. The zero-order chi connectivity index (χ0) is 13.8. The van der Waals surface area contributed by atoms with Crippen LogP contribution in [-0.2, 0) is 6.54 Å². The van der Waals surface area contributed by atoms with Crippen molar-refractivity contribution in [1.82, 2.24) is 5.32 Å². The van der Waals surface area contributed by atoms with E-state index in [1.165, 1.54) is 24.3 Å². The van der Waals surface area contributed by atoms with Gasteiger partial charge < -0.3 is 15.5 Å². The van der Waals surface area contributed by atoms with Crippen molar-refractivity contribution in [3.8, 4) is 11.5 Å². The zero-order valence-corrected chi connectivity index (χ0v) is 10.6. The Hall–Kier alpha value is -2.07. The van der Waals surface area contributed by atoms with Crippen LogP contribution in [-0.4, -0.2) is 10.2 Å². The lowest BCUT2D eigenvalue weighted by Crippen LogP contribution is -2.18. The molecule has 3 nitrogen and oxygen atoms in total. The first kappa shape index (κ1) is 13.4. The molecule has 0 aliphatic rings. The van der Waals surface area contributed by atoms with E-state index in [9.17, 15) is 14.6 Å². The number of halogens is 1. The van der Waals surface area contributed by atoms with Gasteiger partial charge in [0.2, 0.25) is 0 Å². The van der Waals surface area contributed by atoms with Crippen molar-refractivity contribution in [2.45, 2.75) is 19.5 Å². The number of benzene rings is 2. The van der Waals surface area contributed by atoms with Gasteiger partial charge in [-0.3, -0.25) is 0 Å². The van der Waals surface area contributed by atoms with Crippen molar-refractivity contribution < 1.29 is 14.6 Å². The molecule has 0 unspecified atom stereocenters. The van der Waals surface area contributed by atoms with Gasteiger partial charge in [0.05, 0.1) is 0 Å². The van der Waals surface area contributed by atoms with Crippen molar-refractivity contribution in [3.05, 3.63) is 59.4 Å². The topological polar surface area (TPSA) is 52.5 Å². The van der Waals surface area contributed by atoms with Crippen LogP contribution in [0.4, 0.5) is 4.39 Å². The van der Waals surface area contributed by atoms with E-state index in [0.29, 0.717) is 12.1 Å². The predicted octanol–water partition coefficient (Wildman–Crippen LogP) is 3.09. The first-order valence-corrected chi connectivity index (χ1v) is 6.06. The largest absolute Gasteiger partial charge is 0.508 e. The number of phenolic OH excluding ortho intramolecular Hbond substituents is 2. The predicted molar refractivity (Wildman–Crippen MR) is 71.4 cm³/mol. The van der Waals surface area contributed by atoms with E-state index in [2.05, 4.69) is 5.32 Å². The summed E-state index contributed by atoms with van der Waals surface area (Å²) in [4.78, 5) is 0. The summed E-state index contributed by atoms with van der Waals surface area (Å²) in [5.41, 5.74) is 1.53. The number of phenols is 2. The molecule has 2 rings (SSSR count). The summed E-state index contributed by atoms with van der Waals surface area (Å²) in [7, 11) is 0. The van der Waals surface area contributed by atoms with Crippen LogP contribution < -0.4 is 5.32 Å². The fourth-order valence-corrected chi connectivity index (χ4v) is 1.86. The summed E-state index contributed by atoms with van der Waals surface area (Å²) in [6.45, 7) is 2.36. The Morgan fingerprint density at radius 1 is 1.16 bits per heavy atom. The van der Waals surface area contributed by atoms with Gasteiger partial charge in [0.15, 0.2) is 0 Å². The smallest absolute Gasteiger partial charge is 0.123 e. The van der Waals surface area contributed by atoms with Crippen LogP contribution in [0.15, 0.2) is 42.5 Å². The molecule has 19 heavy (non-hydrogen) atoms. The van der Waals surface area contributed by atoms with Crippen LogP contribution in [0.5, 0.6) is 11.5 Å². The Morgan fingerprint density at radius 3 is 2.63 bits per heavy atom. The Morgan fingerprint density at radius 2 is 1.95 bits per heavy atom. The molecule has 2 aromatic rings.